The molecule has 0 heterocycles. The summed E-state index contributed by atoms with van der Waals surface area (Å²) >= 11 is 6.13. The molecule has 2 nitrogen and oxygen atoms in total. The van der Waals surface area contributed by atoms with E-state index >= 15 is 0 Å². The lowest BCUT2D eigenvalue weighted by Gasteiger charge is -2.19. The van der Waals surface area contributed by atoms with Crippen LogP contribution < -0.4 is 5.73 Å². The molecule has 21 heavy (non-hydrogen) atoms. The summed E-state index contributed by atoms with van der Waals surface area (Å²) in [6.45, 7) is 6.47. The highest BCUT2D eigenvalue weighted by molar-refractivity contribution is 7.84. The predicted octanol–water partition coefficient (Wildman–Crippen LogP) is 4.53. The van der Waals surface area contributed by atoms with E-state index in [4.69, 9.17) is 17.3 Å². The molecule has 2 N–H and O–H groups in total. The Bertz CT molecular complexity index is 639. The van der Waals surface area contributed by atoms with Crippen molar-refractivity contribution in [2.75, 3.05) is 5.73 Å². The molecule has 112 valence electrons. The zero-order valence-electron chi connectivity index (χ0n) is 12.5. The van der Waals surface area contributed by atoms with Crippen molar-refractivity contribution in [2.24, 2.45) is 0 Å². The number of hydrogen-bond donors (Lipinski definition) is 1. The molecule has 0 bridgehead atoms. The van der Waals surface area contributed by atoms with Gasteiger partial charge in [-0.1, -0.05) is 50.6 Å². The molecule has 0 aliphatic rings. The molecule has 0 fully saturated rings. The Morgan fingerprint density at radius 3 is 2.24 bits per heavy atom. The van der Waals surface area contributed by atoms with Crippen molar-refractivity contribution < 1.29 is 4.21 Å². The third-order valence-corrected chi connectivity index (χ3v) is 5.12. The first-order valence-electron chi connectivity index (χ1n) is 6.81. The molecule has 2 aromatic carbocycles. The molecule has 0 aromatic heterocycles. The Morgan fingerprint density at radius 2 is 1.71 bits per heavy atom. The lowest BCUT2D eigenvalue weighted by atomic mass is 9.87. The van der Waals surface area contributed by atoms with Gasteiger partial charge in [-0.2, -0.15) is 0 Å². The van der Waals surface area contributed by atoms with Crippen molar-refractivity contribution in [3.63, 3.8) is 0 Å². The van der Waals surface area contributed by atoms with Crippen molar-refractivity contribution in [3.05, 3.63) is 58.6 Å². The molecule has 0 aliphatic carbocycles. The molecule has 0 saturated heterocycles. The zero-order valence-corrected chi connectivity index (χ0v) is 14.1. The molecular weight excluding hydrogens is 302 g/mol. The van der Waals surface area contributed by atoms with Gasteiger partial charge in [0.15, 0.2) is 0 Å². The van der Waals surface area contributed by atoms with Crippen LogP contribution in [0.25, 0.3) is 0 Å². The van der Waals surface area contributed by atoms with Crippen LogP contribution in [-0.4, -0.2) is 4.21 Å². The van der Waals surface area contributed by atoms with E-state index in [0.717, 1.165) is 10.5 Å². The lowest BCUT2D eigenvalue weighted by Crippen LogP contribution is -2.11. The van der Waals surface area contributed by atoms with Crippen molar-refractivity contribution in [1.82, 2.24) is 0 Å². The summed E-state index contributed by atoms with van der Waals surface area (Å²) in [6.07, 6.45) is 0. The Morgan fingerprint density at radius 1 is 1.10 bits per heavy atom. The minimum Gasteiger partial charge on any atom is -0.398 e. The van der Waals surface area contributed by atoms with Crippen molar-refractivity contribution in [2.45, 2.75) is 36.8 Å². The fourth-order valence-corrected chi connectivity index (χ4v) is 3.57. The molecule has 0 aliphatic heterocycles. The van der Waals surface area contributed by atoms with Gasteiger partial charge in [0.25, 0.3) is 0 Å². The summed E-state index contributed by atoms with van der Waals surface area (Å²) in [7, 11) is -1.15. The summed E-state index contributed by atoms with van der Waals surface area (Å²) in [4.78, 5) is 0.794. The van der Waals surface area contributed by atoms with Crippen LogP contribution in [0.5, 0.6) is 0 Å². The zero-order chi connectivity index (χ0) is 15.6. The maximum absolute atomic E-state index is 12.5. The Kier molecular flexibility index (Phi) is 4.74. The van der Waals surface area contributed by atoms with E-state index in [1.807, 2.05) is 24.3 Å². The first-order valence-corrected chi connectivity index (χ1v) is 8.50. The van der Waals surface area contributed by atoms with Gasteiger partial charge in [0.05, 0.1) is 16.6 Å². The highest BCUT2D eigenvalue weighted by atomic mass is 35.5. The Hall–Kier alpha value is -1.32. The molecule has 0 amide bonds. The van der Waals surface area contributed by atoms with Crippen LogP contribution in [0.2, 0.25) is 5.02 Å². The smallest absolute Gasteiger partial charge is 0.0575 e. The van der Waals surface area contributed by atoms with E-state index in [9.17, 15) is 4.21 Å². The maximum Gasteiger partial charge on any atom is 0.0575 e. The number of hydrogen-bond acceptors (Lipinski definition) is 2. The second-order valence-corrected chi connectivity index (χ2v) is 7.93. The normalized spacial score (nSPS) is 13.1. The van der Waals surface area contributed by atoms with Gasteiger partial charge in [-0.05, 0) is 35.2 Å². The van der Waals surface area contributed by atoms with Crippen LogP contribution >= 0.6 is 11.6 Å². The largest absolute Gasteiger partial charge is 0.398 e. The summed E-state index contributed by atoms with van der Waals surface area (Å²) in [5.74, 6) is 0.334. The Labute approximate surface area is 133 Å². The molecule has 0 saturated carbocycles. The Balaban J connectivity index is 2.21. The number of benzene rings is 2. The van der Waals surface area contributed by atoms with Crippen molar-refractivity contribution >= 4 is 28.1 Å². The molecule has 0 radical (unpaired) electrons. The maximum atomic E-state index is 12.5. The number of nitrogens with two attached hydrogens (primary N) is 1. The predicted molar refractivity (Wildman–Crippen MR) is 91.1 cm³/mol. The first-order chi connectivity index (χ1) is 9.79. The third kappa shape index (κ3) is 3.86. The minimum absolute atomic E-state index is 0.0905. The quantitative estimate of drug-likeness (QED) is 0.844. The van der Waals surface area contributed by atoms with Crippen LogP contribution in [0.3, 0.4) is 0 Å². The van der Waals surface area contributed by atoms with E-state index in [2.05, 4.69) is 20.8 Å². The molecule has 0 spiro atoms. The van der Waals surface area contributed by atoms with Gasteiger partial charge in [0.2, 0.25) is 0 Å². The number of anilines is 1. The van der Waals surface area contributed by atoms with E-state index in [0.29, 0.717) is 16.5 Å². The van der Waals surface area contributed by atoms with Gasteiger partial charge < -0.3 is 5.73 Å². The van der Waals surface area contributed by atoms with E-state index in [1.54, 1.807) is 18.2 Å². The van der Waals surface area contributed by atoms with Gasteiger partial charge in [0.1, 0.15) is 0 Å². The minimum atomic E-state index is -1.15. The second-order valence-electron chi connectivity index (χ2n) is 6.07. The first kappa shape index (κ1) is 16.1. The summed E-state index contributed by atoms with van der Waals surface area (Å²) in [5, 5.41) is 0.565. The van der Waals surface area contributed by atoms with E-state index in [-0.39, 0.29) is 5.41 Å². The summed E-state index contributed by atoms with van der Waals surface area (Å²) in [6, 6.07) is 13.2. The number of halogens is 1. The molecule has 1 unspecified atom stereocenters. The lowest BCUT2D eigenvalue weighted by molar-refractivity contribution is 0.589. The number of nitrogen functional groups attached to an aromatic ring is 1. The summed E-state index contributed by atoms with van der Waals surface area (Å²) < 4.78 is 12.5. The molecular formula is C17H20ClNOS. The fourth-order valence-electron chi connectivity index (χ4n) is 2.05. The standard InChI is InChI=1S/C17H20ClNOS/c1-17(2,3)12-7-9-13(10-8-12)21(20)11-14-15(18)5-4-6-16(14)19/h4-10H,11,19H2,1-3H3. The van der Waals surface area contributed by atoms with Gasteiger partial charge in [0, 0.05) is 21.2 Å². The molecule has 2 rings (SSSR count). The average molecular weight is 322 g/mol. The van der Waals surface area contributed by atoms with Crippen LogP contribution in [0.15, 0.2) is 47.4 Å². The van der Waals surface area contributed by atoms with E-state index in [1.165, 1.54) is 5.56 Å². The molecule has 4 heteroatoms. The second kappa shape index (κ2) is 6.20. The van der Waals surface area contributed by atoms with Gasteiger partial charge >= 0.3 is 0 Å². The molecule has 2 aromatic rings. The van der Waals surface area contributed by atoms with Crippen LogP contribution in [0.1, 0.15) is 31.9 Å². The van der Waals surface area contributed by atoms with E-state index < -0.39 is 10.8 Å². The van der Waals surface area contributed by atoms with Crippen LogP contribution in [0.4, 0.5) is 5.69 Å². The topological polar surface area (TPSA) is 43.1 Å². The number of rotatable bonds is 3. The molecule has 1 atom stereocenters. The SMILES string of the molecule is CC(C)(C)c1ccc(S(=O)Cc2c(N)cccc2Cl)cc1. The monoisotopic (exact) mass is 321 g/mol. The van der Waals surface area contributed by atoms with Gasteiger partial charge in [-0.25, -0.2) is 0 Å². The highest BCUT2D eigenvalue weighted by Crippen LogP contribution is 2.27. The highest BCUT2D eigenvalue weighted by Gasteiger charge is 2.15. The van der Waals surface area contributed by atoms with Crippen LogP contribution in [-0.2, 0) is 22.0 Å². The average Bonchev–Trinajstić information content (AvgIpc) is 2.42. The third-order valence-electron chi connectivity index (χ3n) is 3.41. The van der Waals surface area contributed by atoms with Crippen molar-refractivity contribution in [3.8, 4) is 0 Å². The van der Waals surface area contributed by atoms with Gasteiger partial charge in [-0.15, -0.1) is 0 Å². The van der Waals surface area contributed by atoms with Crippen LogP contribution in [0, 0.1) is 0 Å². The van der Waals surface area contributed by atoms with Crippen molar-refractivity contribution in [1.29, 1.82) is 0 Å². The summed E-state index contributed by atoms with van der Waals surface area (Å²) in [5.41, 5.74) is 8.56. The van der Waals surface area contributed by atoms with Gasteiger partial charge in [-0.3, -0.25) is 4.21 Å². The fraction of sp³-hybridized carbons (Fsp3) is 0.294.